The number of nitrogens with two attached hydrogens (primary N) is 1. The quantitative estimate of drug-likeness (QED) is 0.807. The maximum Gasteiger partial charge on any atom is 0.169 e. The lowest BCUT2D eigenvalue weighted by Crippen LogP contribution is -2.09. The Balaban J connectivity index is 1.50. The summed E-state index contributed by atoms with van der Waals surface area (Å²) in [5.41, 5.74) is 6.96. The van der Waals surface area contributed by atoms with Gasteiger partial charge in [-0.15, -0.1) is 5.10 Å². The van der Waals surface area contributed by atoms with Crippen molar-refractivity contribution in [1.82, 2.24) is 15.0 Å². The van der Waals surface area contributed by atoms with Gasteiger partial charge in [0.1, 0.15) is 5.75 Å². The third-order valence-electron chi connectivity index (χ3n) is 3.29. The van der Waals surface area contributed by atoms with E-state index in [9.17, 15) is 0 Å². The standard InChI is InChI=1S/C14H18N4O/c15-14-13(11-7-8-11)18(17-16-14)9-4-10-19-12-5-2-1-3-6-12/h1-3,5-6,11H,4,7-10,15H2. The molecule has 0 atom stereocenters. The molecule has 1 aromatic carbocycles. The predicted octanol–water partition coefficient (Wildman–Crippen LogP) is 2.21. The summed E-state index contributed by atoms with van der Waals surface area (Å²) in [5.74, 6) is 2.07. The summed E-state index contributed by atoms with van der Waals surface area (Å²) in [6.45, 7) is 1.48. The van der Waals surface area contributed by atoms with Gasteiger partial charge in [-0.1, -0.05) is 23.4 Å². The average molecular weight is 258 g/mol. The topological polar surface area (TPSA) is 66.0 Å². The Bertz CT molecular complexity index is 534. The summed E-state index contributed by atoms with van der Waals surface area (Å²) in [6.07, 6.45) is 3.31. The molecule has 1 fully saturated rings. The molecular formula is C14H18N4O. The monoisotopic (exact) mass is 258 g/mol. The molecule has 5 heteroatoms. The molecule has 1 heterocycles. The minimum atomic E-state index is 0.574. The van der Waals surface area contributed by atoms with Gasteiger partial charge in [-0.05, 0) is 25.0 Å². The molecular weight excluding hydrogens is 240 g/mol. The third-order valence-corrected chi connectivity index (χ3v) is 3.29. The van der Waals surface area contributed by atoms with Crippen LogP contribution in [0.3, 0.4) is 0 Å². The molecule has 0 bridgehead atoms. The van der Waals surface area contributed by atoms with Crippen LogP contribution < -0.4 is 10.5 Å². The zero-order valence-corrected chi connectivity index (χ0v) is 10.8. The summed E-state index contributed by atoms with van der Waals surface area (Å²) < 4.78 is 7.59. The Kier molecular flexibility index (Phi) is 3.35. The van der Waals surface area contributed by atoms with Crippen LogP contribution in [0, 0.1) is 0 Å². The average Bonchev–Trinajstić information content (AvgIpc) is 3.20. The number of nitrogen functional groups attached to an aromatic ring is 1. The zero-order valence-electron chi connectivity index (χ0n) is 10.8. The number of hydrogen-bond acceptors (Lipinski definition) is 4. The number of nitrogens with zero attached hydrogens (tertiary/aromatic N) is 3. The lowest BCUT2D eigenvalue weighted by molar-refractivity contribution is 0.297. The first-order valence-corrected chi connectivity index (χ1v) is 6.71. The number of benzene rings is 1. The SMILES string of the molecule is Nc1nnn(CCCOc2ccccc2)c1C1CC1. The van der Waals surface area contributed by atoms with E-state index >= 15 is 0 Å². The van der Waals surface area contributed by atoms with E-state index in [2.05, 4.69) is 10.3 Å². The maximum absolute atomic E-state index is 5.85. The Morgan fingerprint density at radius 1 is 1.26 bits per heavy atom. The van der Waals surface area contributed by atoms with Gasteiger partial charge in [-0.3, -0.25) is 0 Å². The highest BCUT2D eigenvalue weighted by Gasteiger charge is 2.30. The Labute approximate surface area is 112 Å². The second kappa shape index (κ2) is 5.30. The van der Waals surface area contributed by atoms with E-state index in [1.165, 1.54) is 12.8 Å². The highest BCUT2D eigenvalue weighted by Crippen LogP contribution is 2.41. The van der Waals surface area contributed by atoms with Crippen LogP contribution >= 0.6 is 0 Å². The minimum absolute atomic E-state index is 0.574. The highest BCUT2D eigenvalue weighted by atomic mass is 16.5. The first-order chi connectivity index (χ1) is 9.34. The maximum atomic E-state index is 5.85. The molecule has 0 spiro atoms. The van der Waals surface area contributed by atoms with Crippen molar-refractivity contribution in [1.29, 1.82) is 0 Å². The zero-order chi connectivity index (χ0) is 13.1. The van der Waals surface area contributed by atoms with E-state index in [0.717, 1.165) is 24.4 Å². The number of para-hydroxylation sites is 1. The smallest absolute Gasteiger partial charge is 0.169 e. The van der Waals surface area contributed by atoms with Crippen molar-refractivity contribution in [3.05, 3.63) is 36.0 Å². The van der Waals surface area contributed by atoms with Crippen LogP contribution in [0.2, 0.25) is 0 Å². The molecule has 19 heavy (non-hydrogen) atoms. The molecule has 0 saturated heterocycles. The van der Waals surface area contributed by atoms with Gasteiger partial charge in [-0.25, -0.2) is 4.68 Å². The van der Waals surface area contributed by atoms with Crippen molar-refractivity contribution in [2.75, 3.05) is 12.3 Å². The number of ether oxygens (including phenoxy) is 1. The number of aryl methyl sites for hydroxylation is 1. The Morgan fingerprint density at radius 3 is 2.79 bits per heavy atom. The molecule has 1 saturated carbocycles. The highest BCUT2D eigenvalue weighted by molar-refractivity contribution is 5.38. The van der Waals surface area contributed by atoms with Gasteiger partial charge < -0.3 is 10.5 Å². The van der Waals surface area contributed by atoms with E-state index in [1.807, 2.05) is 35.0 Å². The molecule has 1 aliphatic rings. The van der Waals surface area contributed by atoms with Gasteiger partial charge in [-0.2, -0.15) is 0 Å². The van der Waals surface area contributed by atoms with Gasteiger partial charge in [0.25, 0.3) is 0 Å². The fraction of sp³-hybridized carbons (Fsp3) is 0.429. The molecule has 0 unspecified atom stereocenters. The second-order valence-electron chi connectivity index (χ2n) is 4.87. The van der Waals surface area contributed by atoms with Crippen molar-refractivity contribution in [2.45, 2.75) is 31.7 Å². The van der Waals surface area contributed by atoms with E-state index in [1.54, 1.807) is 0 Å². The summed E-state index contributed by atoms with van der Waals surface area (Å²) in [7, 11) is 0. The first kappa shape index (κ1) is 12.0. The lowest BCUT2D eigenvalue weighted by atomic mass is 10.3. The van der Waals surface area contributed by atoms with Gasteiger partial charge in [0.15, 0.2) is 5.82 Å². The molecule has 2 aromatic rings. The van der Waals surface area contributed by atoms with Crippen molar-refractivity contribution in [3.8, 4) is 5.75 Å². The summed E-state index contributed by atoms with van der Waals surface area (Å²) >= 11 is 0. The molecule has 1 aliphatic carbocycles. The van der Waals surface area contributed by atoms with E-state index in [0.29, 0.717) is 18.3 Å². The Morgan fingerprint density at radius 2 is 2.05 bits per heavy atom. The molecule has 100 valence electrons. The fourth-order valence-corrected chi connectivity index (χ4v) is 2.20. The molecule has 2 N–H and O–H groups in total. The predicted molar refractivity (Wildman–Crippen MR) is 73.0 cm³/mol. The third kappa shape index (κ3) is 2.86. The molecule has 0 aliphatic heterocycles. The molecule has 3 rings (SSSR count). The normalized spacial score (nSPS) is 14.5. The lowest BCUT2D eigenvalue weighted by Gasteiger charge is -2.07. The van der Waals surface area contributed by atoms with Gasteiger partial charge >= 0.3 is 0 Å². The van der Waals surface area contributed by atoms with Crippen LogP contribution in [-0.2, 0) is 6.54 Å². The van der Waals surface area contributed by atoms with E-state index in [-0.39, 0.29) is 0 Å². The Hall–Kier alpha value is -2.04. The second-order valence-corrected chi connectivity index (χ2v) is 4.87. The number of hydrogen-bond donors (Lipinski definition) is 1. The summed E-state index contributed by atoms with van der Waals surface area (Å²) in [6, 6.07) is 9.84. The van der Waals surface area contributed by atoms with Crippen LogP contribution in [0.25, 0.3) is 0 Å². The largest absolute Gasteiger partial charge is 0.494 e. The van der Waals surface area contributed by atoms with Crippen molar-refractivity contribution in [3.63, 3.8) is 0 Å². The number of anilines is 1. The number of rotatable bonds is 6. The first-order valence-electron chi connectivity index (χ1n) is 6.71. The minimum Gasteiger partial charge on any atom is -0.494 e. The van der Waals surface area contributed by atoms with Crippen LogP contribution in [-0.4, -0.2) is 21.6 Å². The molecule has 1 aromatic heterocycles. The van der Waals surface area contributed by atoms with Gasteiger partial charge in [0.2, 0.25) is 0 Å². The van der Waals surface area contributed by atoms with Crippen LogP contribution in [0.4, 0.5) is 5.82 Å². The molecule has 0 radical (unpaired) electrons. The van der Waals surface area contributed by atoms with Gasteiger partial charge in [0, 0.05) is 18.9 Å². The fourth-order valence-electron chi connectivity index (χ4n) is 2.20. The van der Waals surface area contributed by atoms with Crippen molar-refractivity contribution in [2.24, 2.45) is 0 Å². The van der Waals surface area contributed by atoms with Crippen LogP contribution in [0.5, 0.6) is 5.75 Å². The van der Waals surface area contributed by atoms with E-state index < -0.39 is 0 Å². The van der Waals surface area contributed by atoms with Crippen LogP contribution in [0.1, 0.15) is 30.9 Å². The van der Waals surface area contributed by atoms with E-state index in [4.69, 9.17) is 10.5 Å². The summed E-state index contributed by atoms with van der Waals surface area (Å²) in [5, 5.41) is 8.07. The number of aromatic nitrogens is 3. The molecule has 5 nitrogen and oxygen atoms in total. The van der Waals surface area contributed by atoms with Crippen LogP contribution in [0.15, 0.2) is 30.3 Å². The molecule has 0 amide bonds. The van der Waals surface area contributed by atoms with Gasteiger partial charge in [0.05, 0.1) is 12.3 Å². The van der Waals surface area contributed by atoms with Crippen molar-refractivity contribution >= 4 is 5.82 Å². The summed E-state index contributed by atoms with van der Waals surface area (Å²) in [4.78, 5) is 0. The van der Waals surface area contributed by atoms with Crippen molar-refractivity contribution < 1.29 is 4.74 Å².